The highest BCUT2D eigenvalue weighted by Crippen LogP contribution is 2.34. The number of aromatic amines is 1. The van der Waals surface area contributed by atoms with Gasteiger partial charge >= 0.3 is 5.97 Å². The molecular formula is C15H19Cl2N3O3. The lowest BCUT2D eigenvalue weighted by Crippen LogP contribution is -2.55. The van der Waals surface area contributed by atoms with Gasteiger partial charge in [0, 0.05) is 18.6 Å². The maximum absolute atomic E-state index is 12.1. The van der Waals surface area contributed by atoms with Crippen LogP contribution in [0.2, 0.25) is 10.2 Å². The minimum absolute atomic E-state index is 0.0591. The van der Waals surface area contributed by atoms with E-state index in [1.807, 2.05) is 4.90 Å². The molecule has 0 saturated heterocycles. The molecular weight excluding hydrogens is 341 g/mol. The Kier molecular flexibility index (Phi) is 4.85. The van der Waals surface area contributed by atoms with Crippen LogP contribution < -0.4 is 5.32 Å². The Balaban J connectivity index is 1.49. The molecule has 2 aliphatic rings. The molecule has 0 bridgehead atoms. The molecule has 3 N–H and O–H groups in total. The standard InChI is InChI=1S/C15H19Cl2N3O3/c16-11-5-12(19-14(11)17)15(23)18-9-3-10(4-9)20(7-13(21)22)6-8-1-2-8/h5,8-10,19H,1-4,6-7H2,(H,18,23)(H,21,22). The zero-order chi connectivity index (χ0) is 16.6. The van der Waals surface area contributed by atoms with Crippen LogP contribution in [0.4, 0.5) is 0 Å². The second-order valence-electron chi connectivity index (χ2n) is 6.41. The summed E-state index contributed by atoms with van der Waals surface area (Å²) in [7, 11) is 0. The fourth-order valence-corrected chi connectivity index (χ4v) is 3.25. The number of aromatic nitrogens is 1. The van der Waals surface area contributed by atoms with Crippen LogP contribution in [0.15, 0.2) is 6.07 Å². The number of carboxylic acids is 1. The van der Waals surface area contributed by atoms with Gasteiger partial charge in [-0.05, 0) is 37.7 Å². The maximum Gasteiger partial charge on any atom is 0.317 e. The summed E-state index contributed by atoms with van der Waals surface area (Å²) in [4.78, 5) is 27.8. The summed E-state index contributed by atoms with van der Waals surface area (Å²) in [6.07, 6.45) is 3.93. The fraction of sp³-hybridized carbons (Fsp3) is 0.600. The second kappa shape index (κ2) is 6.71. The number of carbonyl (C=O) groups excluding carboxylic acids is 1. The zero-order valence-electron chi connectivity index (χ0n) is 12.5. The number of H-pyrrole nitrogens is 1. The normalized spacial score (nSPS) is 23.6. The van der Waals surface area contributed by atoms with Gasteiger partial charge in [0.15, 0.2) is 0 Å². The first kappa shape index (κ1) is 16.6. The number of aliphatic carboxylic acids is 1. The van der Waals surface area contributed by atoms with E-state index in [4.69, 9.17) is 28.3 Å². The smallest absolute Gasteiger partial charge is 0.317 e. The lowest BCUT2D eigenvalue weighted by Gasteiger charge is -2.42. The minimum atomic E-state index is -0.797. The lowest BCUT2D eigenvalue weighted by atomic mass is 9.85. The summed E-state index contributed by atoms with van der Waals surface area (Å²) in [6, 6.07) is 1.79. The zero-order valence-corrected chi connectivity index (χ0v) is 14.0. The van der Waals surface area contributed by atoms with E-state index in [1.54, 1.807) is 0 Å². The van der Waals surface area contributed by atoms with E-state index in [0.717, 1.165) is 19.4 Å². The van der Waals surface area contributed by atoms with Crippen molar-refractivity contribution < 1.29 is 14.7 Å². The highest BCUT2D eigenvalue weighted by atomic mass is 35.5. The van der Waals surface area contributed by atoms with Gasteiger partial charge in [0.2, 0.25) is 0 Å². The van der Waals surface area contributed by atoms with Crippen LogP contribution in [0, 0.1) is 5.92 Å². The van der Waals surface area contributed by atoms with Gasteiger partial charge in [-0.25, -0.2) is 0 Å². The van der Waals surface area contributed by atoms with Gasteiger partial charge in [-0.3, -0.25) is 14.5 Å². The summed E-state index contributed by atoms with van der Waals surface area (Å²) < 4.78 is 0. The summed E-state index contributed by atoms with van der Waals surface area (Å²) in [6.45, 7) is 0.920. The molecule has 1 amide bonds. The predicted molar refractivity (Wildman–Crippen MR) is 87.0 cm³/mol. The molecule has 0 aliphatic heterocycles. The van der Waals surface area contributed by atoms with Crippen molar-refractivity contribution in [3.8, 4) is 0 Å². The number of amides is 1. The van der Waals surface area contributed by atoms with Crippen molar-refractivity contribution in [1.29, 1.82) is 0 Å². The highest BCUT2D eigenvalue weighted by Gasteiger charge is 2.37. The summed E-state index contributed by atoms with van der Waals surface area (Å²) >= 11 is 11.6. The first-order chi connectivity index (χ1) is 10.9. The number of nitrogens with zero attached hydrogens (tertiary/aromatic N) is 1. The minimum Gasteiger partial charge on any atom is -0.480 e. The number of nitrogens with one attached hydrogen (secondary N) is 2. The molecule has 1 aromatic rings. The molecule has 2 aliphatic carbocycles. The third-order valence-electron chi connectivity index (χ3n) is 4.46. The largest absolute Gasteiger partial charge is 0.480 e. The quantitative estimate of drug-likeness (QED) is 0.697. The van der Waals surface area contributed by atoms with E-state index in [9.17, 15) is 9.59 Å². The Bertz CT molecular complexity index is 590. The van der Waals surface area contributed by atoms with Crippen molar-refractivity contribution in [1.82, 2.24) is 15.2 Å². The fourth-order valence-electron chi connectivity index (χ4n) is 2.94. The Morgan fingerprint density at radius 3 is 2.57 bits per heavy atom. The molecule has 0 atom stereocenters. The highest BCUT2D eigenvalue weighted by molar-refractivity contribution is 6.41. The van der Waals surface area contributed by atoms with Crippen molar-refractivity contribution in [2.75, 3.05) is 13.1 Å². The summed E-state index contributed by atoms with van der Waals surface area (Å²) in [5.41, 5.74) is 0.337. The van der Waals surface area contributed by atoms with Crippen LogP contribution in [0.1, 0.15) is 36.2 Å². The van der Waals surface area contributed by atoms with E-state index in [2.05, 4.69) is 10.3 Å². The van der Waals surface area contributed by atoms with E-state index in [0.29, 0.717) is 16.6 Å². The number of carbonyl (C=O) groups is 2. The topological polar surface area (TPSA) is 85.4 Å². The molecule has 1 heterocycles. The molecule has 1 aromatic heterocycles. The Labute approximate surface area is 144 Å². The van der Waals surface area contributed by atoms with Crippen LogP contribution in [0.25, 0.3) is 0 Å². The molecule has 0 radical (unpaired) electrons. The number of hydrogen-bond acceptors (Lipinski definition) is 3. The molecule has 126 valence electrons. The Morgan fingerprint density at radius 2 is 2.04 bits per heavy atom. The van der Waals surface area contributed by atoms with Crippen LogP contribution in [-0.4, -0.2) is 52.0 Å². The molecule has 0 spiro atoms. The Hall–Kier alpha value is -1.24. The van der Waals surface area contributed by atoms with Crippen LogP contribution in [0.3, 0.4) is 0 Å². The molecule has 23 heavy (non-hydrogen) atoms. The molecule has 0 aromatic carbocycles. The molecule has 3 rings (SSSR count). The van der Waals surface area contributed by atoms with Crippen molar-refractivity contribution in [2.45, 2.75) is 37.8 Å². The van der Waals surface area contributed by atoms with Gasteiger partial charge < -0.3 is 15.4 Å². The van der Waals surface area contributed by atoms with Gasteiger partial charge in [-0.2, -0.15) is 0 Å². The first-order valence-electron chi connectivity index (χ1n) is 7.73. The summed E-state index contributed by atoms with van der Waals surface area (Å²) in [5.74, 6) is -0.394. The average molecular weight is 360 g/mol. The van der Waals surface area contributed by atoms with Crippen molar-refractivity contribution in [2.24, 2.45) is 5.92 Å². The SMILES string of the molecule is O=C(O)CN(CC1CC1)C1CC(NC(=O)c2cc(Cl)c(Cl)[nH]2)C1. The van der Waals surface area contributed by atoms with E-state index < -0.39 is 5.97 Å². The molecule has 2 saturated carbocycles. The van der Waals surface area contributed by atoms with Gasteiger partial charge in [0.25, 0.3) is 5.91 Å². The number of halogens is 2. The third kappa shape index (κ3) is 4.19. The van der Waals surface area contributed by atoms with E-state index in [-0.39, 0.29) is 29.7 Å². The number of rotatable bonds is 7. The number of carboxylic acid groups (broad SMARTS) is 1. The van der Waals surface area contributed by atoms with E-state index in [1.165, 1.54) is 18.9 Å². The lowest BCUT2D eigenvalue weighted by molar-refractivity contribution is -0.139. The number of hydrogen-bond donors (Lipinski definition) is 3. The molecule has 0 unspecified atom stereocenters. The van der Waals surface area contributed by atoms with Gasteiger partial charge in [-0.1, -0.05) is 23.2 Å². The van der Waals surface area contributed by atoms with E-state index >= 15 is 0 Å². The van der Waals surface area contributed by atoms with Gasteiger partial charge in [0.05, 0.1) is 11.6 Å². The maximum atomic E-state index is 12.1. The monoisotopic (exact) mass is 359 g/mol. The van der Waals surface area contributed by atoms with Crippen molar-refractivity contribution in [3.05, 3.63) is 21.9 Å². The van der Waals surface area contributed by atoms with Crippen LogP contribution in [-0.2, 0) is 4.79 Å². The predicted octanol–water partition coefficient (Wildman–Crippen LogP) is 2.38. The van der Waals surface area contributed by atoms with Crippen LogP contribution >= 0.6 is 23.2 Å². The Morgan fingerprint density at radius 1 is 1.35 bits per heavy atom. The van der Waals surface area contributed by atoms with Gasteiger partial charge in [0.1, 0.15) is 10.8 Å². The first-order valence-corrected chi connectivity index (χ1v) is 8.48. The third-order valence-corrected chi connectivity index (χ3v) is 5.16. The average Bonchev–Trinajstić information content (AvgIpc) is 3.17. The van der Waals surface area contributed by atoms with Crippen molar-refractivity contribution in [3.63, 3.8) is 0 Å². The summed E-state index contributed by atoms with van der Waals surface area (Å²) in [5, 5.41) is 12.5. The molecule has 6 nitrogen and oxygen atoms in total. The molecule has 2 fully saturated rings. The van der Waals surface area contributed by atoms with Crippen molar-refractivity contribution >= 4 is 35.1 Å². The van der Waals surface area contributed by atoms with Crippen LogP contribution in [0.5, 0.6) is 0 Å². The molecule has 8 heteroatoms. The second-order valence-corrected chi connectivity index (χ2v) is 7.19. The van der Waals surface area contributed by atoms with Gasteiger partial charge in [-0.15, -0.1) is 0 Å².